The summed E-state index contributed by atoms with van der Waals surface area (Å²) in [6.45, 7) is 1.85. The van der Waals surface area contributed by atoms with Crippen LogP contribution in [-0.2, 0) is 0 Å². The average molecular weight is 407 g/mol. The number of fused-ring (bicyclic) bond motifs is 2. The molecule has 0 spiro atoms. The van der Waals surface area contributed by atoms with Gasteiger partial charge in [-0.3, -0.25) is 10.1 Å². The van der Waals surface area contributed by atoms with Crippen molar-refractivity contribution in [2.24, 2.45) is 0 Å². The van der Waals surface area contributed by atoms with E-state index >= 15 is 0 Å². The molecule has 27 heavy (non-hydrogen) atoms. The number of nitrogens with one attached hydrogen (secondary N) is 3. The number of carbonyl (C=O) groups is 2. The van der Waals surface area contributed by atoms with Crippen LogP contribution >= 0.6 is 23.7 Å². The molecule has 0 saturated carbocycles. The number of urea groups is 1. The Morgan fingerprint density at radius 2 is 1.78 bits per heavy atom. The average Bonchev–Trinajstić information content (AvgIpc) is 3.18. The van der Waals surface area contributed by atoms with E-state index in [2.05, 4.69) is 20.9 Å². The Kier molecular flexibility index (Phi) is 6.36. The van der Waals surface area contributed by atoms with Crippen LogP contribution in [0.15, 0.2) is 42.5 Å². The van der Waals surface area contributed by atoms with Crippen molar-refractivity contribution in [1.82, 2.24) is 10.2 Å². The number of amides is 3. The number of halogens is 1. The molecule has 0 aliphatic carbocycles. The van der Waals surface area contributed by atoms with E-state index in [1.165, 1.54) is 11.3 Å². The molecule has 2 saturated heterocycles. The second-order valence-electron chi connectivity index (χ2n) is 6.70. The number of carbonyl (C=O) groups excluding carboxylic acids is 2. The van der Waals surface area contributed by atoms with Crippen LogP contribution in [0.4, 0.5) is 15.5 Å². The Hall–Kier alpha value is -2.09. The van der Waals surface area contributed by atoms with Gasteiger partial charge in [0.2, 0.25) is 0 Å². The minimum Gasteiger partial charge on any atom is -0.331 e. The quantitative estimate of drug-likeness (QED) is 0.726. The maximum absolute atomic E-state index is 13.0. The van der Waals surface area contributed by atoms with Crippen LogP contribution in [0, 0.1) is 0 Å². The highest BCUT2D eigenvalue weighted by atomic mass is 35.5. The fourth-order valence-corrected chi connectivity index (χ4v) is 4.60. The monoisotopic (exact) mass is 406 g/mol. The van der Waals surface area contributed by atoms with Gasteiger partial charge in [0.25, 0.3) is 5.91 Å². The van der Waals surface area contributed by atoms with Crippen LogP contribution in [0.25, 0.3) is 0 Å². The van der Waals surface area contributed by atoms with Crippen molar-refractivity contribution in [3.05, 3.63) is 47.3 Å². The molecule has 3 heterocycles. The molecule has 2 fully saturated rings. The summed E-state index contributed by atoms with van der Waals surface area (Å²) in [5.74, 6) is 0.0858. The van der Waals surface area contributed by atoms with Crippen LogP contribution in [0.2, 0.25) is 0 Å². The number of hydrogen-bond donors (Lipinski definition) is 3. The molecule has 1 aromatic heterocycles. The molecule has 3 amide bonds. The molecule has 144 valence electrons. The summed E-state index contributed by atoms with van der Waals surface area (Å²) in [6.07, 6.45) is 3.17. The minimum atomic E-state index is -0.309. The van der Waals surface area contributed by atoms with Gasteiger partial charge in [-0.2, -0.15) is 0 Å². The van der Waals surface area contributed by atoms with Crippen molar-refractivity contribution in [2.45, 2.75) is 31.3 Å². The first-order valence-electron chi connectivity index (χ1n) is 8.97. The molecule has 6 nitrogen and oxygen atoms in total. The predicted octanol–water partition coefficient (Wildman–Crippen LogP) is 3.78. The SMILES string of the molecule is Cl.O=C(Nc1ccccc1)Nc1ccc(C(=O)N2C3CCNCC2CC3)s1. The molecule has 2 aliphatic heterocycles. The molecule has 0 radical (unpaired) electrons. The van der Waals surface area contributed by atoms with E-state index in [9.17, 15) is 9.59 Å². The first-order chi connectivity index (χ1) is 12.7. The van der Waals surface area contributed by atoms with Gasteiger partial charge in [0.05, 0.1) is 9.88 Å². The highest BCUT2D eigenvalue weighted by molar-refractivity contribution is 7.18. The van der Waals surface area contributed by atoms with Gasteiger partial charge < -0.3 is 15.5 Å². The molecule has 2 bridgehead atoms. The van der Waals surface area contributed by atoms with Crippen molar-refractivity contribution >= 4 is 46.4 Å². The normalized spacial score (nSPS) is 21.1. The Balaban J connectivity index is 0.00000210. The second kappa shape index (κ2) is 8.73. The van der Waals surface area contributed by atoms with Gasteiger partial charge in [0.1, 0.15) is 0 Å². The lowest BCUT2D eigenvalue weighted by atomic mass is 10.1. The van der Waals surface area contributed by atoms with Gasteiger partial charge in [-0.1, -0.05) is 18.2 Å². The number of anilines is 2. The molecular weight excluding hydrogens is 384 g/mol. The van der Waals surface area contributed by atoms with Crippen molar-refractivity contribution in [3.63, 3.8) is 0 Å². The summed E-state index contributed by atoms with van der Waals surface area (Å²) in [5, 5.41) is 9.66. The van der Waals surface area contributed by atoms with Crippen molar-refractivity contribution < 1.29 is 9.59 Å². The van der Waals surface area contributed by atoms with E-state index < -0.39 is 0 Å². The fourth-order valence-electron chi connectivity index (χ4n) is 3.76. The molecule has 2 atom stereocenters. The lowest BCUT2D eigenvalue weighted by molar-refractivity contribution is 0.0685. The fraction of sp³-hybridized carbons (Fsp3) is 0.368. The third-order valence-electron chi connectivity index (χ3n) is 4.97. The Morgan fingerprint density at radius 3 is 2.59 bits per heavy atom. The van der Waals surface area contributed by atoms with E-state index in [4.69, 9.17) is 0 Å². The van der Waals surface area contributed by atoms with Crippen LogP contribution in [-0.4, -0.2) is 42.0 Å². The van der Waals surface area contributed by atoms with E-state index in [0.717, 1.165) is 38.0 Å². The Bertz CT molecular complexity index is 784. The van der Waals surface area contributed by atoms with E-state index in [1.54, 1.807) is 6.07 Å². The smallest absolute Gasteiger partial charge is 0.324 e. The molecule has 2 aliphatic rings. The summed E-state index contributed by atoms with van der Waals surface area (Å²) in [6, 6.07) is 13.2. The molecule has 2 aromatic rings. The number of rotatable bonds is 3. The molecule has 3 N–H and O–H groups in total. The van der Waals surface area contributed by atoms with Crippen molar-refractivity contribution in [1.29, 1.82) is 0 Å². The topological polar surface area (TPSA) is 73.5 Å². The number of para-hydroxylation sites is 1. The first-order valence-corrected chi connectivity index (χ1v) is 9.78. The third-order valence-corrected chi connectivity index (χ3v) is 5.96. The maximum Gasteiger partial charge on any atom is 0.324 e. The number of thiophene rings is 1. The minimum absolute atomic E-state index is 0. The summed E-state index contributed by atoms with van der Waals surface area (Å²) in [7, 11) is 0. The first kappa shape index (κ1) is 19.7. The Labute approximate surface area is 168 Å². The Morgan fingerprint density at radius 1 is 1.00 bits per heavy atom. The zero-order valence-electron chi connectivity index (χ0n) is 14.8. The molecule has 4 rings (SSSR count). The second-order valence-corrected chi connectivity index (χ2v) is 7.78. The highest BCUT2D eigenvalue weighted by Crippen LogP contribution is 2.32. The number of benzene rings is 1. The number of hydrogen-bond acceptors (Lipinski definition) is 4. The van der Waals surface area contributed by atoms with Gasteiger partial charge in [-0.15, -0.1) is 23.7 Å². The van der Waals surface area contributed by atoms with E-state index in [1.807, 2.05) is 36.4 Å². The molecule has 2 unspecified atom stereocenters. The van der Waals surface area contributed by atoms with Gasteiger partial charge in [0, 0.05) is 24.3 Å². The van der Waals surface area contributed by atoms with Crippen LogP contribution in [0.5, 0.6) is 0 Å². The maximum atomic E-state index is 13.0. The molecule has 1 aromatic carbocycles. The van der Waals surface area contributed by atoms with Crippen LogP contribution < -0.4 is 16.0 Å². The lowest BCUT2D eigenvalue weighted by Gasteiger charge is -2.27. The number of nitrogens with zero attached hydrogens (tertiary/aromatic N) is 1. The lowest BCUT2D eigenvalue weighted by Crippen LogP contribution is -2.42. The summed E-state index contributed by atoms with van der Waals surface area (Å²) in [4.78, 5) is 27.8. The van der Waals surface area contributed by atoms with Gasteiger partial charge in [-0.25, -0.2) is 4.79 Å². The zero-order valence-corrected chi connectivity index (χ0v) is 16.4. The summed E-state index contributed by atoms with van der Waals surface area (Å²) >= 11 is 1.33. The molecular formula is C19H23ClN4O2S. The highest BCUT2D eigenvalue weighted by Gasteiger charge is 2.38. The predicted molar refractivity (Wildman–Crippen MR) is 111 cm³/mol. The molecule has 8 heteroatoms. The van der Waals surface area contributed by atoms with Crippen molar-refractivity contribution in [3.8, 4) is 0 Å². The largest absolute Gasteiger partial charge is 0.331 e. The van der Waals surface area contributed by atoms with E-state index in [-0.39, 0.29) is 30.4 Å². The van der Waals surface area contributed by atoms with Gasteiger partial charge >= 0.3 is 6.03 Å². The third kappa shape index (κ3) is 4.43. The van der Waals surface area contributed by atoms with Gasteiger partial charge in [-0.05, 0) is 50.1 Å². The summed E-state index contributed by atoms with van der Waals surface area (Å²) < 4.78 is 0. The van der Waals surface area contributed by atoms with Crippen molar-refractivity contribution in [2.75, 3.05) is 23.7 Å². The van der Waals surface area contributed by atoms with E-state index in [0.29, 0.717) is 15.9 Å². The van der Waals surface area contributed by atoms with Gasteiger partial charge in [0.15, 0.2) is 0 Å². The van der Waals surface area contributed by atoms with Crippen LogP contribution in [0.1, 0.15) is 28.9 Å². The standard InChI is InChI=1S/C19H22N4O2S.ClH/c24-18(23-14-6-7-15(23)12-20-11-10-14)16-8-9-17(26-16)22-19(25)21-13-4-2-1-3-5-13;/h1-5,8-9,14-15,20H,6-7,10-12H2,(H2,21,22,25);1H. The van der Waals surface area contributed by atoms with Crippen LogP contribution in [0.3, 0.4) is 0 Å². The zero-order chi connectivity index (χ0) is 17.9. The summed E-state index contributed by atoms with van der Waals surface area (Å²) in [5.41, 5.74) is 0.728.